The molecule has 0 aromatic heterocycles. The number of halogens is 1. The molecule has 0 aliphatic rings. The molecule has 1 amide bonds. The molecule has 1 aromatic carbocycles. The second kappa shape index (κ2) is 4.93. The van der Waals surface area contributed by atoms with E-state index in [0.717, 1.165) is 0 Å². The summed E-state index contributed by atoms with van der Waals surface area (Å²) in [6.07, 6.45) is -0.544. The fourth-order valence-electron chi connectivity index (χ4n) is 1.05. The summed E-state index contributed by atoms with van der Waals surface area (Å²) in [6.45, 7) is 1.48. The summed E-state index contributed by atoms with van der Waals surface area (Å²) in [5, 5.41) is 2.50. The van der Waals surface area contributed by atoms with Gasteiger partial charge in [-0.05, 0) is 41.1 Å². The van der Waals surface area contributed by atoms with Crippen molar-refractivity contribution in [2.45, 2.75) is 6.92 Å². The lowest BCUT2D eigenvalue weighted by Crippen LogP contribution is -2.11. The smallest absolute Gasteiger partial charge is 0.411 e. The third-order valence-corrected chi connectivity index (χ3v) is 2.44. The summed E-state index contributed by atoms with van der Waals surface area (Å²) < 4.78 is 5.08. The summed E-state index contributed by atoms with van der Waals surface area (Å²) in [5.74, 6) is -0.0357. The van der Waals surface area contributed by atoms with Gasteiger partial charge in [0, 0.05) is 15.7 Å². The van der Waals surface area contributed by atoms with Crippen molar-refractivity contribution in [1.82, 2.24) is 0 Å². The van der Waals surface area contributed by atoms with Crippen molar-refractivity contribution >= 4 is 33.5 Å². The minimum Gasteiger partial charge on any atom is -0.453 e. The highest BCUT2D eigenvalue weighted by Crippen LogP contribution is 2.22. The van der Waals surface area contributed by atoms with E-state index in [1.165, 1.54) is 14.0 Å². The quantitative estimate of drug-likeness (QED) is 0.842. The Balaban J connectivity index is 2.91. The van der Waals surface area contributed by atoms with Crippen LogP contribution in [0.15, 0.2) is 22.7 Å². The first-order chi connectivity index (χ1) is 7.04. The molecule has 0 bridgehead atoms. The third kappa shape index (κ3) is 3.06. The molecule has 0 atom stereocenters. The SMILES string of the molecule is COC(=O)Nc1ccc(C(C)=O)c(Br)c1. The monoisotopic (exact) mass is 271 g/mol. The van der Waals surface area contributed by atoms with E-state index in [9.17, 15) is 9.59 Å². The average Bonchev–Trinajstić information content (AvgIpc) is 2.17. The Hall–Kier alpha value is -1.36. The van der Waals surface area contributed by atoms with Gasteiger partial charge in [-0.1, -0.05) is 0 Å². The predicted molar refractivity (Wildman–Crippen MR) is 60.2 cm³/mol. The molecule has 80 valence electrons. The van der Waals surface area contributed by atoms with Crippen molar-refractivity contribution < 1.29 is 14.3 Å². The third-order valence-electron chi connectivity index (χ3n) is 1.78. The van der Waals surface area contributed by atoms with Crippen molar-refractivity contribution in [2.24, 2.45) is 0 Å². The van der Waals surface area contributed by atoms with Gasteiger partial charge in [-0.15, -0.1) is 0 Å². The van der Waals surface area contributed by atoms with Gasteiger partial charge in [0.25, 0.3) is 0 Å². The van der Waals surface area contributed by atoms with Crippen LogP contribution < -0.4 is 5.32 Å². The van der Waals surface area contributed by atoms with E-state index in [-0.39, 0.29) is 5.78 Å². The van der Waals surface area contributed by atoms with E-state index < -0.39 is 6.09 Å². The van der Waals surface area contributed by atoms with Gasteiger partial charge >= 0.3 is 6.09 Å². The minimum atomic E-state index is -0.544. The fourth-order valence-corrected chi connectivity index (χ4v) is 1.71. The Morgan fingerprint density at radius 3 is 2.53 bits per heavy atom. The number of amides is 1. The number of hydrogen-bond donors (Lipinski definition) is 1. The summed E-state index contributed by atoms with van der Waals surface area (Å²) in [6, 6.07) is 4.92. The van der Waals surface area contributed by atoms with Crippen molar-refractivity contribution in [3.05, 3.63) is 28.2 Å². The van der Waals surface area contributed by atoms with Gasteiger partial charge < -0.3 is 4.74 Å². The van der Waals surface area contributed by atoms with Crippen molar-refractivity contribution in [1.29, 1.82) is 0 Å². The van der Waals surface area contributed by atoms with Crippen molar-refractivity contribution in [3.8, 4) is 0 Å². The van der Waals surface area contributed by atoms with Crippen molar-refractivity contribution in [2.75, 3.05) is 12.4 Å². The normalized spacial score (nSPS) is 9.53. The van der Waals surface area contributed by atoms with Gasteiger partial charge in [-0.25, -0.2) is 4.79 Å². The van der Waals surface area contributed by atoms with E-state index in [1.807, 2.05) is 0 Å². The number of hydrogen-bond acceptors (Lipinski definition) is 3. The van der Waals surface area contributed by atoms with Gasteiger partial charge in [-0.3, -0.25) is 10.1 Å². The van der Waals surface area contributed by atoms with Crippen LogP contribution in [-0.4, -0.2) is 19.0 Å². The number of carbonyl (C=O) groups excluding carboxylic acids is 2. The van der Waals surface area contributed by atoms with E-state index in [4.69, 9.17) is 0 Å². The first-order valence-electron chi connectivity index (χ1n) is 4.20. The predicted octanol–water partition coefficient (Wildman–Crippen LogP) is 2.83. The van der Waals surface area contributed by atoms with Crippen LogP contribution in [0.4, 0.5) is 10.5 Å². The molecule has 0 saturated heterocycles. The molecule has 4 nitrogen and oxygen atoms in total. The maximum absolute atomic E-state index is 11.1. The number of rotatable bonds is 2. The van der Waals surface area contributed by atoms with Crippen LogP contribution in [0.2, 0.25) is 0 Å². The van der Waals surface area contributed by atoms with Crippen LogP contribution >= 0.6 is 15.9 Å². The van der Waals surface area contributed by atoms with Crippen LogP contribution in [0.25, 0.3) is 0 Å². The van der Waals surface area contributed by atoms with Crippen LogP contribution in [0, 0.1) is 0 Å². The van der Waals surface area contributed by atoms with Gasteiger partial charge in [0.15, 0.2) is 5.78 Å². The molecule has 0 aliphatic carbocycles. The maximum atomic E-state index is 11.1. The lowest BCUT2D eigenvalue weighted by Gasteiger charge is -2.05. The summed E-state index contributed by atoms with van der Waals surface area (Å²) in [5.41, 5.74) is 1.14. The van der Waals surface area contributed by atoms with Gasteiger partial charge in [-0.2, -0.15) is 0 Å². The molecular formula is C10H10BrNO3. The highest BCUT2D eigenvalue weighted by Gasteiger charge is 2.07. The molecule has 1 N–H and O–H groups in total. The average molecular weight is 272 g/mol. The molecule has 1 rings (SSSR count). The second-order valence-corrected chi connectivity index (χ2v) is 3.72. The molecule has 0 heterocycles. The number of ketones is 1. The van der Waals surface area contributed by atoms with E-state index >= 15 is 0 Å². The standard InChI is InChI=1S/C10H10BrNO3/c1-6(13)8-4-3-7(5-9(8)11)12-10(14)15-2/h3-5H,1-2H3,(H,12,14). The lowest BCUT2D eigenvalue weighted by molar-refractivity contribution is 0.101. The van der Waals surface area contributed by atoms with Crippen LogP contribution in [0.3, 0.4) is 0 Å². The number of methoxy groups -OCH3 is 1. The topological polar surface area (TPSA) is 55.4 Å². The van der Waals surface area contributed by atoms with Crippen LogP contribution in [0.1, 0.15) is 17.3 Å². The first-order valence-corrected chi connectivity index (χ1v) is 4.99. The summed E-state index contributed by atoms with van der Waals surface area (Å²) in [4.78, 5) is 22.0. The van der Waals surface area contributed by atoms with Crippen LogP contribution in [-0.2, 0) is 4.74 Å². The van der Waals surface area contributed by atoms with Gasteiger partial charge in [0.2, 0.25) is 0 Å². The Labute approximate surface area is 95.7 Å². The molecule has 0 unspecified atom stereocenters. The minimum absolute atomic E-state index is 0.0357. The van der Waals surface area contributed by atoms with Crippen molar-refractivity contribution in [3.63, 3.8) is 0 Å². The Morgan fingerprint density at radius 2 is 2.07 bits per heavy atom. The molecule has 0 aliphatic heterocycles. The summed E-state index contributed by atoms with van der Waals surface area (Å²) >= 11 is 3.25. The van der Waals surface area contributed by atoms with Crippen LogP contribution in [0.5, 0.6) is 0 Å². The molecule has 0 fully saturated rings. The molecule has 0 saturated carbocycles. The number of benzene rings is 1. The number of nitrogens with one attached hydrogen (secondary N) is 1. The molecule has 5 heteroatoms. The zero-order chi connectivity index (χ0) is 11.4. The molecule has 0 spiro atoms. The van der Waals surface area contributed by atoms with E-state index in [0.29, 0.717) is 15.7 Å². The second-order valence-electron chi connectivity index (χ2n) is 2.87. The number of ether oxygens (including phenoxy) is 1. The number of Topliss-reactive ketones (excluding diaryl/α,β-unsaturated/α-hetero) is 1. The number of carbonyl (C=O) groups is 2. The maximum Gasteiger partial charge on any atom is 0.411 e. The number of anilines is 1. The molecule has 15 heavy (non-hydrogen) atoms. The first kappa shape index (κ1) is 11.7. The highest BCUT2D eigenvalue weighted by molar-refractivity contribution is 9.10. The highest BCUT2D eigenvalue weighted by atomic mass is 79.9. The zero-order valence-electron chi connectivity index (χ0n) is 8.33. The Morgan fingerprint density at radius 1 is 1.40 bits per heavy atom. The zero-order valence-corrected chi connectivity index (χ0v) is 9.92. The van der Waals surface area contributed by atoms with Gasteiger partial charge in [0.1, 0.15) is 0 Å². The molecule has 1 aromatic rings. The van der Waals surface area contributed by atoms with E-state index in [1.54, 1.807) is 18.2 Å². The Bertz CT molecular complexity index is 404. The van der Waals surface area contributed by atoms with Gasteiger partial charge in [0.05, 0.1) is 7.11 Å². The largest absolute Gasteiger partial charge is 0.453 e. The summed E-state index contributed by atoms with van der Waals surface area (Å²) in [7, 11) is 1.29. The fraction of sp³-hybridized carbons (Fsp3) is 0.200. The lowest BCUT2D eigenvalue weighted by atomic mass is 10.1. The molecular weight excluding hydrogens is 262 g/mol. The molecule has 0 radical (unpaired) electrons. The van der Waals surface area contributed by atoms with E-state index in [2.05, 4.69) is 26.0 Å². The Kier molecular flexibility index (Phi) is 3.85.